The predicted octanol–water partition coefficient (Wildman–Crippen LogP) is 6.55. The van der Waals surface area contributed by atoms with Gasteiger partial charge in [-0.3, -0.25) is 0 Å². The second-order valence-electron chi connectivity index (χ2n) is 10.2. The zero-order valence-corrected chi connectivity index (χ0v) is 21.7. The highest BCUT2D eigenvalue weighted by molar-refractivity contribution is 5.69. The smallest absolute Gasteiger partial charge is 0.408 e. The Labute approximate surface area is 209 Å². The molecule has 0 aliphatic carbocycles. The maximum Gasteiger partial charge on any atom is 0.408 e. The fraction of sp³-hybridized carbons (Fsp3) is 0.379. The van der Waals surface area contributed by atoms with E-state index in [2.05, 4.69) is 38.4 Å². The Kier molecular flexibility index (Phi) is 8.91. The lowest BCUT2D eigenvalue weighted by Gasteiger charge is -2.32. The Bertz CT molecular complexity index is 1080. The summed E-state index contributed by atoms with van der Waals surface area (Å²) in [5.41, 5.74) is 10.1. The minimum atomic E-state index is -0.918. The number of nitrogens with two attached hydrogens (primary N) is 1. The molecule has 35 heavy (non-hydrogen) atoms. The number of ether oxygens (including phenoxy) is 2. The lowest BCUT2D eigenvalue weighted by atomic mass is 9.79. The van der Waals surface area contributed by atoms with Crippen LogP contribution >= 0.6 is 0 Å². The van der Waals surface area contributed by atoms with Crippen LogP contribution < -0.4 is 11.1 Å². The minimum absolute atomic E-state index is 0.139. The van der Waals surface area contributed by atoms with Gasteiger partial charge in [-0.15, -0.1) is 0 Å². The average Bonchev–Trinajstić information content (AvgIpc) is 2.77. The van der Waals surface area contributed by atoms with E-state index in [0.29, 0.717) is 6.42 Å². The van der Waals surface area contributed by atoms with Crippen molar-refractivity contribution in [1.82, 2.24) is 5.32 Å². The van der Waals surface area contributed by atoms with Crippen molar-refractivity contribution in [2.75, 3.05) is 6.61 Å². The predicted molar refractivity (Wildman–Crippen MR) is 142 cm³/mol. The second kappa shape index (κ2) is 11.3. The van der Waals surface area contributed by atoms with Gasteiger partial charge in [0.2, 0.25) is 0 Å². The third kappa shape index (κ3) is 8.02. The fourth-order valence-electron chi connectivity index (χ4n) is 3.88. The molecular formula is C29H38N2O4. The standard InChI is InChI=1S/C29H38N2O4/c1-19(2)21-12-14-23(15-13-21)29(7,8)31-27(33)35-25(18-34-26(30)32)17-28(5,6)24-11-9-10-22(16-24)20(3)4/h9-16,25H,1,3,17-18H2,2,4-8H3,(H2,30,32)(H,31,33). The van der Waals surface area contributed by atoms with Gasteiger partial charge < -0.3 is 20.5 Å². The first-order valence-electron chi connectivity index (χ1n) is 11.6. The van der Waals surface area contributed by atoms with Gasteiger partial charge in [0.1, 0.15) is 12.7 Å². The molecule has 0 aliphatic heterocycles. The maximum atomic E-state index is 12.9. The molecule has 1 atom stereocenters. The van der Waals surface area contributed by atoms with Crippen LogP contribution in [-0.2, 0) is 20.4 Å². The molecule has 0 saturated heterocycles. The molecule has 0 aliphatic rings. The van der Waals surface area contributed by atoms with E-state index in [4.69, 9.17) is 15.2 Å². The van der Waals surface area contributed by atoms with Gasteiger partial charge in [-0.1, -0.05) is 86.7 Å². The van der Waals surface area contributed by atoms with Crippen LogP contribution in [0.1, 0.15) is 70.2 Å². The van der Waals surface area contributed by atoms with E-state index in [-0.39, 0.29) is 12.0 Å². The van der Waals surface area contributed by atoms with Crippen LogP contribution in [0.15, 0.2) is 61.7 Å². The minimum Gasteiger partial charge on any atom is -0.446 e. The Morgan fingerprint density at radius 1 is 0.943 bits per heavy atom. The quantitative estimate of drug-likeness (QED) is 0.405. The van der Waals surface area contributed by atoms with Crippen LogP contribution in [-0.4, -0.2) is 24.9 Å². The maximum absolute atomic E-state index is 12.9. The Morgan fingerprint density at radius 2 is 1.54 bits per heavy atom. The largest absolute Gasteiger partial charge is 0.446 e. The van der Waals surface area contributed by atoms with Gasteiger partial charge in [-0.25, -0.2) is 9.59 Å². The molecule has 2 amide bonds. The van der Waals surface area contributed by atoms with Gasteiger partial charge in [0.15, 0.2) is 0 Å². The number of nitrogens with one attached hydrogen (secondary N) is 1. The van der Waals surface area contributed by atoms with Crippen LogP contribution in [0.25, 0.3) is 11.1 Å². The molecule has 0 spiro atoms. The summed E-state index contributed by atoms with van der Waals surface area (Å²) in [5.74, 6) is 0. The van der Waals surface area contributed by atoms with E-state index in [0.717, 1.165) is 33.4 Å². The summed E-state index contributed by atoms with van der Waals surface area (Å²) in [5, 5.41) is 2.92. The first-order chi connectivity index (χ1) is 16.2. The molecule has 0 fully saturated rings. The summed E-state index contributed by atoms with van der Waals surface area (Å²) in [7, 11) is 0. The van der Waals surface area contributed by atoms with Crippen molar-refractivity contribution >= 4 is 23.3 Å². The molecule has 1 unspecified atom stereocenters. The van der Waals surface area contributed by atoms with Crippen LogP contribution in [0.2, 0.25) is 0 Å². The molecule has 2 aromatic rings. The normalized spacial score (nSPS) is 12.4. The van der Waals surface area contributed by atoms with Crippen molar-refractivity contribution in [2.45, 2.75) is 65.0 Å². The first-order valence-corrected chi connectivity index (χ1v) is 11.6. The lowest BCUT2D eigenvalue weighted by Crippen LogP contribution is -2.44. The number of rotatable bonds is 10. The zero-order chi connectivity index (χ0) is 26.4. The van der Waals surface area contributed by atoms with Gasteiger partial charge >= 0.3 is 12.2 Å². The summed E-state index contributed by atoms with van der Waals surface area (Å²) in [6, 6.07) is 15.9. The first kappa shape index (κ1) is 27.7. The fourth-order valence-corrected chi connectivity index (χ4v) is 3.88. The van der Waals surface area contributed by atoms with E-state index < -0.39 is 23.8 Å². The van der Waals surface area contributed by atoms with Gasteiger partial charge in [0.25, 0.3) is 0 Å². The van der Waals surface area contributed by atoms with Crippen molar-refractivity contribution in [3.8, 4) is 0 Å². The van der Waals surface area contributed by atoms with Gasteiger partial charge in [0.05, 0.1) is 5.54 Å². The molecule has 6 nitrogen and oxygen atoms in total. The number of hydrogen-bond donors (Lipinski definition) is 2. The highest BCUT2D eigenvalue weighted by atomic mass is 16.6. The molecule has 0 aromatic heterocycles. The summed E-state index contributed by atoms with van der Waals surface area (Å²) in [6.45, 7) is 19.6. The van der Waals surface area contributed by atoms with Crippen molar-refractivity contribution in [3.05, 3.63) is 83.9 Å². The van der Waals surface area contributed by atoms with Gasteiger partial charge in [-0.05, 0) is 61.8 Å². The van der Waals surface area contributed by atoms with Crippen molar-refractivity contribution < 1.29 is 19.1 Å². The van der Waals surface area contributed by atoms with E-state index in [1.165, 1.54) is 0 Å². The van der Waals surface area contributed by atoms with E-state index in [1.807, 2.05) is 70.2 Å². The molecule has 0 bridgehead atoms. The zero-order valence-electron chi connectivity index (χ0n) is 21.7. The number of benzene rings is 2. The molecule has 0 saturated carbocycles. The number of alkyl carbamates (subject to hydrolysis) is 1. The van der Waals surface area contributed by atoms with Crippen LogP contribution in [0.5, 0.6) is 0 Å². The van der Waals surface area contributed by atoms with E-state index in [1.54, 1.807) is 0 Å². The summed E-state index contributed by atoms with van der Waals surface area (Å²) < 4.78 is 10.8. The highest BCUT2D eigenvalue weighted by Crippen LogP contribution is 2.31. The third-order valence-corrected chi connectivity index (χ3v) is 6.07. The van der Waals surface area contributed by atoms with E-state index in [9.17, 15) is 9.59 Å². The monoisotopic (exact) mass is 478 g/mol. The molecule has 2 rings (SSSR count). The molecule has 0 radical (unpaired) electrons. The topological polar surface area (TPSA) is 90.7 Å². The lowest BCUT2D eigenvalue weighted by molar-refractivity contribution is 0.0294. The van der Waals surface area contributed by atoms with Crippen LogP contribution in [0, 0.1) is 0 Å². The molecule has 188 valence electrons. The molecule has 0 heterocycles. The van der Waals surface area contributed by atoms with Crippen molar-refractivity contribution in [3.63, 3.8) is 0 Å². The SMILES string of the molecule is C=C(C)c1ccc(C(C)(C)NC(=O)OC(COC(N)=O)CC(C)(C)c2cccc(C(=C)C)c2)cc1. The Balaban J connectivity index is 2.17. The van der Waals surface area contributed by atoms with Crippen molar-refractivity contribution in [1.29, 1.82) is 0 Å². The van der Waals surface area contributed by atoms with Gasteiger partial charge in [0, 0.05) is 0 Å². The third-order valence-electron chi connectivity index (χ3n) is 6.07. The van der Waals surface area contributed by atoms with Gasteiger partial charge in [-0.2, -0.15) is 0 Å². The molecule has 6 heteroatoms. The van der Waals surface area contributed by atoms with Crippen LogP contribution in [0.3, 0.4) is 0 Å². The second-order valence-corrected chi connectivity index (χ2v) is 10.2. The Hall–Kier alpha value is -3.54. The number of hydrogen-bond acceptors (Lipinski definition) is 4. The highest BCUT2D eigenvalue weighted by Gasteiger charge is 2.31. The van der Waals surface area contributed by atoms with Crippen molar-refractivity contribution in [2.24, 2.45) is 5.73 Å². The number of primary amides is 1. The number of carbonyl (C=O) groups is 2. The summed E-state index contributed by atoms with van der Waals surface area (Å²) in [4.78, 5) is 24.2. The summed E-state index contributed by atoms with van der Waals surface area (Å²) >= 11 is 0. The number of amides is 2. The summed E-state index contributed by atoms with van der Waals surface area (Å²) in [6.07, 6.45) is -1.81. The molecular weight excluding hydrogens is 440 g/mol. The van der Waals surface area contributed by atoms with E-state index >= 15 is 0 Å². The molecule has 2 aromatic carbocycles. The molecule has 3 N–H and O–H groups in total. The average molecular weight is 479 g/mol. The number of allylic oxidation sites excluding steroid dienone is 2. The van der Waals surface area contributed by atoms with Crippen LogP contribution in [0.4, 0.5) is 9.59 Å². The Morgan fingerprint density at radius 3 is 2.09 bits per heavy atom. The number of carbonyl (C=O) groups excluding carboxylic acids is 2.